The van der Waals surface area contributed by atoms with E-state index in [1.54, 1.807) is 18.3 Å². The third-order valence-corrected chi connectivity index (χ3v) is 2.44. The minimum atomic E-state index is -1.18. The average Bonchev–Trinajstić information content (AvgIpc) is 2.81. The first-order valence-electron chi connectivity index (χ1n) is 5.04. The average molecular weight is 247 g/mol. The van der Waals surface area contributed by atoms with Crippen molar-refractivity contribution >= 4 is 11.8 Å². The van der Waals surface area contributed by atoms with Crippen molar-refractivity contribution in [2.75, 3.05) is 0 Å². The third kappa shape index (κ3) is 1.93. The first kappa shape index (κ1) is 11.8. The van der Waals surface area contributed by atoms with Gasteiger partial charge in [-0.25, -0.2) is 4.79 Å². The molecular formula is C11H9N3O4. The highest BCUT2D eigenvalue weighted by atomic mass is 16.6. The van der Waals surface area contributed by atoms with Crippen molar-refractivity contribution in [3.05, 3.63) is 45.6 Å². The minimum Gasteiger partial charge on any atom is -0.478 e. The van der Waals surface area contributed by atoms with Crippen LogP contribution in [0.5, 0.6) is 0 Å². The maximum Gasteiger partial charge on any atom is 0.367 e. The summed E-state index contributed by atoms with van der Waals surface area (Å²) in [4.78, 5) is 27.9. The summed E-state index contributed by atoms with van der Waals surface area (Å²) in [6, 6.07) is 4.52. The first-order chi connectivity index (χ1) is 8.50. The zero-order chi connectivity index (χ0) is 13.3. The van der Waals surface area contributed by atoms with Gasteiger partial charge in [0.1, 0.15) is 5.56 Å². The largest absolute Gasteiger partial charge is 0.478 e. The number of aromatic amines is 1. The minimum absolute atomic E-state index is 0.0600. The molecule has 2 N–H and O–H groups in total. The molecule has 0 radical (unpaired) electrons. The van der Waals surface area contributed by atoms with Gasteiger partial charge in [-0.05, 0) is 35.0 Å². The molecule has 2 rings (SSSR count). The van der Waals surface area contributed by atoms with E-state index in [0.29, 0.717) is 5.69 Å². The van der Waals surface area contributed by atoms with Crippen LogP contribution in [-0.2, 0) is 0 Å². The quantitative estimate of drug-likeness (QED) is 0.636. The number of aromatic nitrogens is 2. The van der Waals surface area contributed by atoms with Gasteiger partial charge in [-0.3, -0.25) is 0 Å². The lowest BCUT2D eigenvalue weighted by Gasteiger charge is -2.02. The highest BCUT2D eigenvalue weighted by molar-refractivity contribution is 5.94. The Bertz CT molecular complexity index is 619. The van der Waals surface area contributed by atoms with Crippen LogP contribution >= 0.6 is 0 Å². The van der Waals surface area contributed by atoms with E-state index in [2.05, 4.69) is 9.97 Å². The number of carboxylic acids is 1. The molecule has 0 saturated carbocycles. The van der Waals surface area contributed by atoms with Gasteiger partial charge in [0.15, 0.2) is 0 Å². The number of carbonyl (C=O) groups is 1. The molecule has 7 nitrogen and oxygen atoms in total. The summed E-state index contributed by atoms with van der Waals surface area (Å²) in [5.41, 5.74) is 0.633. The number of hydrogen-bond acceptors (Lipinski definition) is 4. The van der Waals surface area contributed by atoms with Gasteiger partial charge < -0.3 is 20.2 Å². The van der Waals surface area contributed by atoms with Crippen LogP contribution in [0.25, 0.3) is 11.4 Å². The lowest BCUT2D eigenvalue weighted by molar-refractivity contribution is -0.390. The Hall–Kier alpha value is -2.70. The van der Waals surface area contributed by atoms with Gasteiger partial charge in [-0.15, -0.1) is 0 Å². The van der Waals surface area contributed by atoms with Gasteiger partial charge in [0.05, 0.1) is 5.69 Å². The Morgan fingerprint density at radius 2 is 2.28 bits per heavy atom. The summed E-state index contributed by atoms with van der Waals surface area (Å²) >= 11 is 0. The fourth-order valence-electron chi connectivity index (χ4n) is 1.63. The van der Waals surface area contributed by atoms with Crippen LogP contribution in [0.2, 0.25) is 0 Å². The second-order valence-corrected chi connectivity index (χ2v) is 3.67. The molecular weight excluding hydrogens is 238 g/mol. The SMILES string of the molecule is Cc1cc(C(=O)O)c(-c2ccc[nH]2)nc1[N+](=O)[O-]. The van der Waals surface area contributed by atoms with Gasteiger partial charge in [0.25, 0.3) is 0 Å². The summed E-state index contributed by atoms with van der Waals surface area (Å²) in [7, 11) is 0. The van der Waals surface area contributed by atoms with Gasteiger partial charge in [0, 0.05) is 11.8 Å². The fourth-order valence-corrected chi connectivity index (χ4v) is 1.63. The van der Waals surface area contributed by atoms with Crippen LogP contribution in [0.3, 0.4) is 0 Å². The van der Waals surface area contributed by atoms with E-state index in [-0.39, 0.29) is 22.6 Å². The number of hydrogen-bond donors (Lipinski definition) is 2. The van der Waals surface area contributed by atoms with Crippen molar-refractivity contribution in [1.82, 2.24) is 9.97 Å². The van der Waals surface area contributed by atoms with E-state index >= 15 is 0 Å². The second-order valence-electron chi connectivity index (χ2n) is 3.67. The summed E-state index contributed by atoms with van der Waals surface area (Å²) in [6.45, 7) is 1.45. The van der Waals surface area contributed by atoms with E-state index < -0.39 is 10.9 Å². The molecule has 0 saturated heterocycles. The predicted octanol–water partition coefficient (Wildman–Crippen LogP) is 1.99. The number of H-pyrrole nitrogens is 1. The predicted molar refractivity (Wildman–Crippen MR) is 62.4 cm³/mol. The Morgan fingerprint density at radius 3 is 2.78 bits per heavy atom. The zero-order valence-electron chi connectivity index (χ0n) is 9.38. The number of carboxylic acid groups (broad SMARTS) is 1. The highest BCUT2D eigenvalue weighted by Gasteiger charge is 2.24. The van der Waals surface area contributed by atoms with E-state index in [1.807, 2.05) is 0 Å². The Morgan fingerprint density at radius 1 is 1.56 bits per heavy atom. The topological polar surface area (TPSA) is 109 Å². The number of aromatic carboxylic acids is 1. The molecule has 0 amide bonds. The van der Waals surface area contributed by atoms with Gasteiger partial charge in [-0.1, -0.05) is 0 Å². The molecule has 2 heterocycles. The standard InChI is InChI=1S/C11H9N3O4/c1-6-5-7(11(15)16)9(8-3-2-4-12-8)13-10(6)14(17)18/h2-5,12H,1H3,(H,15,16). The molecule has 0 atom stereocenters. The number of rotatable bonds is 3. The molecule has 18 heavy (non-hydrogen) atoms. The maximum absolute atomic E-state index is 11.1. The summed E-state index contributed by atoms with van der Waals surface area (Å²) in [6.07, 6.45) is 1.59. The van der Waals surface area contributed by atoms with Crippen molar-refractivity contribution in [3.8, 4) is 11.4 Å². The lowest BCUT2D eigenvalue weighted by Crippen LogP contribution is -2.06. The van der Waals surface area contributed by atoms with Crippen molar-refractivity contribution in [2.24, 2.45) is 0 Å². The summed E-state index contributed by atoms with van der Waals surface area (Å²) in [5, 5.41) is 19.9. The normalized spacial score (nSPS) is 10.3. The molecule has 0 spiro atoms. The van der Waals surface area contributed by atoms with Crippen LogP contribution in [0, 0.1) is 17.0 Å². The highest BCUT2D eigenvalue weighted by Crippen LogP contribution is 2.26. The van der Waals surface area contributed by atoms with Crippen LogP contribution in [0.4, 0.5) is 5.82 Å². The Balaban J connectivity index is 2.72. The molecule has 0 aliphatic rings. The van der Waals surface area contributed by atoms with E-state index in [0.717, 1.165) is 0 Å². The fraction of sp³-hybridized carbons (Fsp3) is 0.0909. The molecule has 2 aromatic rings. The number of pyridine rings is 1. The number of nitrogens with zero attached hydrogens (tertiary/aromatic N) is 2. The lowest BCUT2D eigenvalue weighted by atomic mass is 10.1. The number of nitrogens with one attached hydrogen (secondary N) is 1. The van der Waals surface area contributed by atoms with E-state index in [4.69, 9.17) is 5.11 Å². The van der Waals surface area contributed by atoms with Crippen molar-refractivity contribution < 1.29 is 14.8 Å². The smallest absolute Gasteiger partial charge is 0.367 e. The Kier molecular flexibility index (Phi) is 2.80. The van der Waals surface area contributed by atoms with Crippen LogP contribution < -0.4 is 0 Å². The first-order valence-corrected chi connectivity index (χ1v) is 5.04. The third-order valence-electron chi connectivity index (χ3n) is 2.44. The molecule has 0 aliphatic heterocycles. The number of nitro groups is 1. The maximum atomic E-state index is 11.1. The summed E-state index contributed by atoms with van der Waals surface area (Å²) < 4.78 is 0. The van der Waals surface area contributed by atoms with Crippen LogP contribution in [0.15, 0.2) is 24.4 Å². The molecule has 2 aromatic heterocycles. The zero-order valence-corrected chi connectivity index (χ0v) is 9.38. The monoisotopic (exact) mass is 247 g/mol. The Labute approximate surface area is 101 Å². The second kappa shape index (κ2) is 4.28. The molecule has 0 fully saturated rings. The van der Waals surface area contributed by atoms with Crippen molar-refractivity contribution in [1.29, 1.82) is 0 Å². The molecule has 0 aromatic carbocycles. The van der Waals surface area contributed by atoms with Crippen molar-refractivity contribution in [3.63, 3.8) is 0 Å². The van der Waals surface area contributed by atoms with Gasteiger partial charge in [-0.2, -0.15) is 0 Å². The molecule has 0 bridgehead atoms. The van der Waals surface area contributed by atoms with E-state index in [9.17, 15) is 14.9 Å². The van der Waals surface area contributed by atoms with Gasteiger partial charge >= 0.3 is 11.8 Å². The summed E-state index contributed by atoms with van der Waals surface area (Å²) in [5.74, 6) is -1.52. The number of aryl methyl sites for hydroxylation is 1. The molecule has 7 heteroatoms. The van der Waals surface area contributed by atoms with Gasteiger partial charge in [0.2, 0.25) is 5.69 Å². The molecule has 92 valence electrons. The van der Waals surface area contributed by atoms with Crippen molar-refractivity contribution in [2.45, 2.75) is 6.92 Å². The molecule has 0 aliphatic carbocycles. The van der Waals surface area contributed by atoms with Crippen LogP contribution in [-0.4, -0.2) is 26.0 Å². The molecule has 0 unspecified atom stereocenters. The van der Waals surface area contributed by atoms with E-state index in [1.165, 1.54) is 13.0 Å². The van der Waals surface area contributed by atoms with Crippen LogP contribution in [0.1, 0.15) is 15.9 Å².